The van der Waals surface area contributed by atoms with Gasteiger partial charge in [-0.05, 0) is 48.6 Å². The molecule has 0 spiro atoms. The molecule has 0 radical (unpaired) electrons. The minimum Gasteiger partial charge on any atom is -0.493 e. The molecule has 0 atom stereocenters. The molecule has 2 aromatic carbocycles. The quantitative estimate of drug-likeness (QED) is 0.573. The zero-order valence-electron chi connectivity index (χ0n) is 14.1. The van der Waals surface area contributed by atoms with Crippen LogP contribution in [0.2, 0.25) is 0 Å². The first-order valence-electron chi connectivity index (χ1n) is 8.24. The third kappa shape index (κ3) is 4.18. The van der Waals surface area contributed by atoms with Gasteiger partial charge in [-0.1, -0.05) is 24.3 Å². The van der Waals surface area contributed by atoms with E-state index in [4.69, 9.17) is 14.2 Å². The van der Waals surface area contributed by atoms with Crippen LogP contribution in [0.4, 0.5) is 0 Å². The molecule has 0 N–H and O–H groups in total. The van der Waals surface area contributed by atoms with Crippen LogP contribution in [0, 0.1) is 0 Å². The molecule has 3 rings (SSSR count). The number of hydrogen-bond donors (Lipinski definition) is 0. The smallest absolute Gasteiger partial charge is 0.344 e. The number of ether oxygens (including phenoxy) is 3. The second kappa shape index (κ2) is 7.83. The van der Waals surface area contributed by atoms with E-state index in [2.05, 4.69) is 0 Å². The highest BCUT2D eigenvalue weighted by molar-refractivity contribution is 5.98. The fraction of sp³-hybridized carbons (Fsp3) is 0.300. The molecule has 0 saturated carbocycles. The Kier molecular flexibility index (Phi) is 5.33. The van der Waals surface area contributed by atoms with Crippen LogP contribution in [0.15, 0.2) is 42.5 Å². The largest absolute Gasteiger partial charge is 0.493 e. The lowest BCUT2D eigenvalue weighted by Gasteiger charge is -2.10. The zero-order chi connectivity index (χ0) is 17.6. The Morgan fingerprint density at radius 3 is 2.52 bits per heavy atom. The topological polar surface area (TPSA) is 61.8 Å². The van der Waals surface area contributed by atoms with Gasteiger partial charge < -0.3 is 14.2 Å². The fourth-order valence-corrected chi connectivity index (χ4v) is 2.89. The Hall–Kier alpha value is -2.82. The monoisotopic (exact) mass is 340 g/mol. The second-order valence-corrected chi connectivity index (χ2v) is 5.86. The van der Waals surface area contributed by atoms with Crippen LogP contribution in [0.3, 0.4) is 0 Å². The van der Waals surface area contributed by atoms with Gasteiger partial charge in [-0.2, -0.15) is 0 Å². The summed E-state index contributed by atoms with van der Waals surface area (Å²) < 4.78 is 15.5. The van der Waals surface area contributed by atoms with Gasteiger partial charge in [0.05, 0.1) is 7.11 Å². The van der Waals surface area contributed by atoms with Crippen molar-refractivity contribution in [3.8, 4) is 11.5 Å². The highest BCUT2D eigenvalue weighted by Gasteiger charge is 2.15. The summed E-state index contributed by atoms with van der Waals surface area (Å²) in [7, 11) is 1.52. The van der Waals surface area contributed by atoms with Crippen LogP contribution in [0.1, 0.15) is 27.9 Å². The molecule has 1 aliphatic carbocycles. The van der Waals surface area contributed by atoms with E-state index in [1.807, 2.05) is 12.1 Å². The number of fused-ring (bicyclic) bond motifs is 1. The van der Waals surface area contributed by atoms with Gasteiger partial charge in [0.15, 0.2) is 30.5 Å². The van der Waals surface area contributed by atoms with Crippen LogP contribution < -0.4 is 9.47 Å². The van der Waals surface area contributed by atoms with Gasteiger partial charge in [0.1, 0.15) is 0 Å². The summed E-state index contributed by atoms with van der Waals surface area (Å²) in [6.45, 7) is -0.565. The summed E-state index contributed by atoms with van der Waals surface area (Å²) in [5, 5.41) is 0. The molecule has 0 aromatic heterocycles. The van der Waals surface area contributed by atoms with E-state index >= 15 is 0 Å². The third-order valence-corrected chi connectivity index (χ3v) is 4.20. The summed E-state index contributed by atoms with van der Waals surface area (Å²) in [6, 6.07) is 12.7. The summed E-state index contributed by atoms with van der Waals surface area (Å²) in [5.41, 5.74) is 3.11. The maximum Gasteiger partial charge on any atom is 0.344 e. The number of ketones is 1. The lowest BCUT2D eigenvalue weighted by atomic mass is 10.0. The van der Waals surface area contributed by atoms with Crippen molar-refractivity contribution in [2.24, 2.45) is 0 Å². The van der Waals surface area contributed by atoms with Crippen molar-refractivity contribution in [2.75, 3.05) is 20.3 Å². The Morgan fingerprint density at radius 1 is 0.960 bits per heavy atom. The third-order valence-electron chi connectivity index (χ3n) is 4.20. The SMILES string of the molecule is COc1ccccc1OCC(=O)OCC(=O)c1ccc2c(c1)CCC2. The maximum atomic E-state index is 12.2. The van der Waals surface area contributed by atoms with Crippen molar-refractivity contribution in [3.05, 3.63) is 59.2 Å². The molecular weight excluding hydrogens is 320 g/mol. The van der Waals surface area contributed by atoms with Gasteiger partial charge in [-0.15, -0.1) is 0 Å². The zero-order valence-corrected chi connectivity index (χ0v) is 14.1. The molecule has 0 unspecified atom stereocenters. The van der Waals surface area contributed by atoms with Crippen LogP contribution >= 0.6 is 0 Å². The molecule has 5 nitrogen and oxygen atoms in total. The number of esters is 1. The highest BCUT2D eigenvalue weighted by Crippen LogP contribution is 2.25. The molecule has 0 heterocycles. The fourth-order valence-electron chi connectivity index (χ4n) is 2.89. The van der Waals surface area contributed by atoms with Crippen molar-refractivity contribution < 1.29 is 23.8 Å². The maximum absolute atomic E-state index is 12.2. The van der Waals surface area contributed by atoms with Crippen molar-refractivity contribution in [2.45, 2.75) is 19.3 Å². The first kappa shape index (κ1) is 17.0. The first-order valence-corrected chi connectivity index (χ1v) is 8.24. The molecule has 0 amide bonds. The number of para-hydroxylation sites is 2. The average molecular weight is 340 g/mol. The Balaban J connectivity index is 1.49. The number of Topliss-reactive ketones (excluding diaryl/α,β-unsaturated/α-hetero) is 1. The van der Waals surface area contributed by atoms with Gasteiger partial charge in [0, 0.05) is 5.56 Å². The van der Waals surface area contributed by atoms with E-state index in [1.54, 1.807) is 30.3 Å². The Morgan fingerprint density at radius 2 is 1.72 bits per heavy atom. The number of hydrogen-bond acceptors (Lipinski definition) is 5. The minimum absolute atomic E-state index is 0.208. The Labute approximate surface area is 146 Å². The molecule has 5 heteroatoms. The standard InChI is InChI=1S/C20H20O5/c1-23-18-7-2-3-8-19(18)24-13-20(22)25-12-17(21)16-10-9-14-5-4-6-15(14)11-16/h2-3,7-11H,4-6,12-13H2,1H3. The van der Waals surface area contributed by atoms with E-state index in [9.17, 15) is 9.59 Å². The van der Waals surface area contributed by atoms with Crippen molar-refractivity contribution >= 4 is 11.8 Å². The van der Waals surface area contributed by atoms with Gasteiger partial charge in [-0.25, -0.2) is 4.79 Å². The van der Waals surface area contributed by atoms with Crippen LogP contribution in [0.25, 0.3) is 0 Å². The van der Waals surface area contributed by atoms with Gasteiger partial charge >= 0.3 is 5.97 Å². The number of benzene rings is 2. The second-order valence-electron chi connectivity index (χ2n) is 5.86. The molecule has 0 saturated heterocycles. The number of rotatable bonds is 7. The predicted molar refractivity (Wildman–Crippen MR) is 92.2 cm³/mol. The van der Waals surface area contributed by atoms with Crippen molar-refractivity contribution in [1.82, 2.24) is 0 Å². The van der Waals surface area contributed by atoms with Gasteiger partial charge in [0.25, 0.3) is 0 Å². The molecule has 2 aromatic rings. The van der Waals surface area contributed by atoms with Gasteiger partial charge in [0.2, 0.25) is 0 Å². The molecular formula is C20H20O5. The highest BCUT2D eigenvalue weighted by atomic mass is 16.6. The van der Waals surface area contributed by atoms with E-state index in [0.717, 1.165) is 19.3 Å². The van der Waals surface area contributed by atoms with Crippen molar-refractivity contribution in [3.63, 3.8) is 0 Å². The number of methoxy groups -OCH3 is 1. The normalized spacial score (nSPS) is 12.4. The van der Waals surface area contributed by atoms with Gasteiger partial charge in [-0.3, -0.25) is 4.79 Å². The molecule has 1 aliphatic rings. The average Bonchev–Trinajstić information content (AvgIpc) is 3.12. The number of aryl methyl sites for hydroxylation is 2. The Bertz CT molecular complexity index is 781. The molecule has 25 heavy (non-hydrogen) atoms. The minimum atomic E-state index is -0.597. The van der Waals surface area contributed by atoms with E-state index in [1.165, 1.54) is 18.2 Å². The lowest BCUT2D eigenvalue weighted by molar-refractivity contribution is -0.144. The number of carbonyl (C=O) groups is 2. The van der Waals surface area contributed by atoms with Crippen LogP contribution in [0.5, 0.6) is 11.5 Å². The molecule has 130 valence electrons. The molecule has 0 fully saturated rings. The van der Waals surface area contributed by atoms with Crippen molar-refractivity contribution in [1.29, 1.82) is 0 Å². The van der Waals surface area contributed by atoms with E-state index in [0.29, 0.717) is 17.1 Å². The number of carbonyl (C=O) groups excluding carboxylic acids is 2. The summed E-state index contributed by atoms with van der Waals surface area (Å²) >= 11 is 0. The summed E-state index contributed by atoms with van der Waals surface area (Å²) in [6.07, 6.45) is 3.20. The molecule has 0 bridgehead atoms. The van der Waals surface area contributed by atoms with Crippen LogP contribution in [-0.4, -0.2) is 32.1 Å². The van der Waals surface area contributed by atoms with E-state index in [-0.39, 0.29) is 19.0 Å². The molecule has 0 aliphatic heterocycles. The lowest BCUT2D eigenvalue weighted by Crippen LogP contribution is -2.19. The predicted octanol–water partition coefficient (Wildman–Crippen LogP) is 2.99. The van der Waals surface area contributed by atoms with Crippen LogP contribution in [-0.2, 0) is 22.4 Å². The summed E-state index contributed by atoms with van der Waals surface area (Å²) in [4.78, 5) is 24.0. The first-order chi connectivity index (χ1) is 12.2. The summed E-state index contributed by atoms with van der Waals surface area (Å²) in [5.74, 6) is 0.178. The van der Waals surface area contributed by atoms with E-state index < -0.39 is 5.97 Å².